The Labute approximate surface area is 126 Å². The van der Waals surface area contributed by atoms with Gasteiger partial charge in [-0.15, -0.1) is 0 Å². The van der Waals surface area contributed by atoms with Crippen molar-refractivity contribution in [3.63, 3.8) is 0 Å². The number of fused-ring (bicyclic) bond motifs is 1. The normalized spacial score (nSPS) is 30.6. The first-order valence-corrected chi connectivity index (χ1v) is 7.79. The maximum Gasteiger partial charge on any atom is 0.237 e. The summed E-state index contributed by atoms with van der Waals surface area (Å²) in [7, 11) is 0. The summed E-state index contributed by atoms with van der Waals surface area (Å²) in [5.74, 6) is 0.388. The summed E-state index contributed by atoms with van der Waals surface area (Å²) in [6.07, 6.45) is 2.77. The maximum absolute atomic E-state index is 12.5. The van der Waals surface area contributed by atoms with Gasteiger partial charge in [0.15, 0.2) is 0 Å². The Bertz CT molecular complexity index is 525. The van der Waals surface area contributed by atoms with Gasteiger partial charge in [0.2, 0.25) is 11.8 Å². The number of carbonyl (C=O) groups is 2. The van der Waals surface area contributed by atoms with Crippen molar-refractivity contribution in [3.05, 3.63) is 27.8 Å². The number of carbonyl (C=O) groups excluding carboxylic acids is 2. The van der Waals surface area contributed by atoms with Crippen LogP contribution in [-0.4, -0.2) is 11.8 Å². The van der Waals surface area contributed by atoms with E-state index in [4.69, 9.17) is 0 Å². The summed E-state index contributed by atoms with van der Waals surface area (Å²) in [5, 5.41) is 0. The number of anilines is 1. The van der Waals surface area contributed by atoms with Crippen LogP contribution in [-0.2, 0) is 9.59 Å². The van der Waals surface area contributed by atoms with E-state index in [1.165, 1.54) is 4.90 Å². The highest BCUT2D eigenvalue weighted by Gasteiger charge is 2.49. The molecule has 0 N–H and O–H groups in total. The lowest BCUT2D eigenvalue weighted by Gasteiger charge is -2.25. The van der Waals surface area contributed by atoms with Crippen molar-refractivity contribution in [3.8, 4) is 0 Å². The molecule has 1 aliphatic heterocycles. The second kappa shape index (κ2) is 4.89. The van der Waals surface area contributed by atoms with E-state index in [1.54, 1.807) is 0 Å². The molecule has 100 valence electrons. The molecule has 0 radical (unpaired) electrons. The van der Waals surface area contributed by atoms with E-state index < -0.39 is 0 Å². The van der Waals surface area contributed by atoms with Crippen molar-refractivity contribution in [2.75, 3.05) is 4.90 Å². The predicted octanol–water partition coefficient (Wildman–Crippen LogP) is 3.22. The molecule has 1 heterocycles. The molecule has 3 nitrogen and oxygen atoms in total. The van der Waals surface area contributed by atoms with Gasteiger partial charge in [-0.2, -0.15) is 0 Å². The van der Waals surface area contributed by atoms with Crippen LogP contribution in [0, 0.1) is 21.3 Å². The Morgan fingerprint density at radius 3 is 2.37 bits per heavy atom. The molecule has 2 amide bonds. The fraction of sp³-hybridized carbons (Fsp3) is 0.467. The van der Waals surface area contributed by atoms with E-state index in [-0.39, 0.29) is 23.7 Å². The molecule has 1 aromatic rings. The second-order valence-corrected chi connectivity index (χ2v) is 6.87. The van der Waals surface area contributed by atoms with Crippen LogP contribution in [0.2, 0.25) is 0 Å². The molecule has 0 bridgehead atoms. The Morgan fingerprint density at radius 2 is 1.68 bits per heavy atom. The lowest BCUT2D eigenvalue weighted by Crippen LogP contribution is -2.30. The quantitative estimate of drug-likeness (QED) is 0.563. The monoisotopic (exact) mass is 369 g/mol. The van der Waals surface area contributed by atoms with Crippen LogP contribution < -0.4 is 4.90 Å². The Morgan fingerprint density at radius 1 is 1.05 bits per heavy atom. The number of amides is 2. The van der Waals surface area contributed by atoms with Crippen LogP contribution in [0.1, 0.15) is 26.2 Å². The standard InChI is InChI=1S/C15H16INO2/c1-9-2-7-12-13(8-9)15(19)17(14(12)18)11-5-3-10(16)4-6-11/h3-6,9,12-13H,2,7-8H2,1H3/t9-,12-,13+/m1/s1. The van der Waals surface area contributed by atoms with Crippen LogP contribution in [0.3, 0.4) is 0 Å². The molecular formula is C15H16INO2. The van der Waals surface area contributed by atoms with Gasteiger partial charge in [0.1, 0.15) is 0 Å². The van der Waals surface area contributed by atoms with Crippen molar-refractivity contribution in [2.24, 2.45) is 17.8 Å². The van der Waals surface area contributed by atoms with Gasteiger partial charge in [-0.25, -0.2) is 0 Å². The fourth-order valence-corrected chi connectivity index (χ4v) is 3.59. The molecule has 2 fully saturated rings. The summed E-state index contributed by atoms with van der Waals surface area (Å²) >= 11 is 2.22. The van der Waals surface area contributed by atoms with Crippen molar-refractivity contribution >= 4 is 40.1 Å². The van der Waals surface area contributed by atoms with Gasteiger partial charge in [-0.3, -0.25) is 14.5 Å². The smallest absolute Gasteiger partial charge is 0.237 e. The minimum absolute atomic E-state index is 0.00255. The molecule has 1 aliphatic carbocycles. The molecule has 4 heteroatoms. The maximum atomic E-state index is 12.5. The van der Waals surface area contributed by atoms with Gasteiger partial charge < -0.3 is 0 Å². The van der Waals surface area contributed by atoms with Crippen molar-refractivity contribution in [2.45, 2.75) is 26.2 Å². The lowest BCUT2D eigenvalue weighted by atomic mass is 9.76. The van der Waals surface area contributed by atoms with Crippen LogP contribution in [0.5, 0.6) is 0 Å². The third-order valence-electron chi connectivity index (χ3n) is 4.27. The number of halogens is 1. The SMILES string of the molecule is C[C@@H]1CC[C@H]2C(=O)N(c3ccc(I)cc3)C(=O)[C@H]2C1. The topological polar surface area (TPSA) is 37.4 Å². The molecule has 3 rings (SSSR count). The largest absolute Gasteiger partial charge is 0.274 e. The number of hydrogen-bond acceptors (Lipinski definition) is 2. The summed E-state index contributed by atoms with van der Waals surface area (Å²) in [5.41, 5.74) is 0.720. The van der Waals surface area contributed by atoms with Gasteiger partial charge in [-0.1, -0.05) is 6.92 Å². The minimum atomic E-state index is -0.0875. The van der Waals surface area contributed by atoms with E-state index in [1.807, 2.05) is 24.3 Å². The third kappa shape index (κ3) is 2.20. The van der Waals surface area contributed by atoms with E-state index in [9.17, 15) is 9.59 Å². The molecule has 0 spiro atoms. The summed E-state index contributed by atoms with van der Waals surface area (Å²) in [6, 6.07) is 7.58. The average molecular weight is 369 g/mol. The number of nitrogens with zero attached hydrogens (tertiary/aromatic N) is 1. The molecule has 0 aromatic heterocycles. The first-order valence-electron chi connectivity index (χ1n) is 6.71. The van der Waals surface area contributed by atoms with Crippen molar-refractivity contribution < 1.29 is 9.59 Å². The van der Waals surface area contributed by atoms with Gasteiger partial charge in [0.05, 0.1) is 17.5 Å². The Hall–Kier alpha value is -0.910. The van der Waals surface area contributed by atoms with Crippen molar-refractivity contribution in [1.29, 1.82) is 0 Å². The molecule has 1 saturated heterocycles. The van der Waals surface area contributed by atoms with Gasteiger partial charge in [0.25, 0.3) is 0 Å². The first-order chi connectivity index (χ1) is 9.08. The highest BCUT2D eigenvalue weighted by molar-refractivity contribution is 14.1. The van der Waals surface area contributed by atoms with E-state index in [0.717, 1.165) is 28.5 Å². The van der Waals surface area contributed by atoms with Crippen molar-refractivity contribution in [1.82, 2.24) is 0 Å². The Kier molecular flexibility index (Phi) is 3.37. The highest BCUT2D eigenvalue weighted by Crippen LogP contribution is 2.42. The van der Waals surface area contributed by atoms with Crippen LogP contribution >= 0.6 is 22.6 Å². The first kappa shape index (κ1) is 13.1. The number of benzene rings is 1. The number of rotatable bonds is 1. The highest BCUT2D eigenvalue weighted by atomic mass is 127. The van der Waals surface area contributed by atoms with Gasteiger partial charge in [0, 0.05) is 3.57 Å². The fourth-order valence-electron chi connectivity index (χ4n) is 3.23. The molecule has 1 saturated carbocycles. The molecule has 0 unspecified atom stereocenters. The second-order valence-electron chi connectivity index (χ2n) is 5.62. The van der Waals surface area contributed by atoms with E-state index in [0.29, 0.717) is 5.92 Å². The lowest BCUT2D eigenvalue weighted by molar-refractivity contribution is -0.122. The zero-order valence-electron chi connectivity index (χ0n) is 10.8. The molecule has 19 heavy (non-hydrogen) atoms. The van der Waals surface area contributed by atoms with Crippen LogP contribution in [0.15, 0.2) is 24.3 Å². The minimum Gasteiger partial charge on any atom is -0.274 e. The van der Waals surface area contributed by atoms with E-state index in [2.05, 4.69) is 29.5 Å². The number of hydrogen-bond donors (Lipinski definition) is 0. The summed E-state index contributed by atoms with van der Waals surface area (Å²) in [4.78, 5) is 26.3. The van der Waals surface area contributed by atoms with Gasteiger partial charge >= 0.3 is 0 Å². The van der Waals surface area contributed by atoms with Crippen LogP contribution in [0.4, 0.5) is 5.69 Å². The predicted molar refractivity (Wildman–Crippen MR) is 81.6 cm³/mol. The van der Waals surface area contributed by atoms with E-state index >= 15 is 0 Å². The zero-order chi connectivity index (χ0) is 13.6. The Balaban J connectivity index is 1.93. The average Bonchev–Trinajstić information content (AvgIpc) is 2.63. The number of imide groups is 1. The molecule has 2 aliphatic rings. The molecular weight excluding hydrogens is 353 g/mol. The summed E-state index contributed by atoms with van der Waals surface area (Å²) < 4.78 is 1.10. The third-order valence-corrected chi connectivity index (χ3v) is 4.99. The summed E-state index contributed by atoms with van der Waals surface area (Å²) in [6.45, 7) is 2.17. The molecule has 1 aromatic carbocycles. The van der Waals surface area contributed by atoms with Gasteiger partial charge in [-0.05, 0) is 72.0 Å². The van der Waals surface area contributed by atoms with Crippen LogP contribution in [0.25, 0.3) is 0 Å². The zero-order valence-corrected chi connectivity index (χ0v) is 13.0. The molecule has 3 atom stereocenters.